The number of carboxylic acid groups (broad SMARTS) is 1. The number of nitro benzene ring substituents is 1. The molecule has 0 aliphatic rings. The van der Waals surface area contributed by atoms with E-state index in [2.05, 4.69) is 0 Å². The lowest BCUT2D eigenvalue weighted by molar-refractivity contribution is -0.384. The summed E-state index contributed by atoms with van der Waals surface area (Å²) >= 11 is 0. The first-order valence-corrected chi connectivity index (χ1v) is 3.09. The molecule has 0 radical (unpaired) electrons. The van der Waals surface area contributed by atoms with Crippen LogP contribution >= 0.6 is 0 Å². The Morgan fingerprint density at radius 3 is 2.54 bits per heavy atom. The van der Waals surface area contributed by atoms with Crippen LogP contribution in [0.15, 0.2) is 24.3 Å². The summed E-state index contributed by atoms with van der Waals surface area (Å²) < 4.78 is 0. The molecule has 70 valence electrons. The van der Waals surface area contributed by atoms with Gasteiger partial charge in [0.15, 0.2) is 0 Å². The van der Waals surface area contributed by atoms with Crippen LogP contribution in [0.4, 0.5) is 5.69 Å². The minimum Gasteiger partial charge on any atom is -0.478 e. The molecule has 5 N–H and O–H groups in total. The normalized spacial score (nSPS) is 8.62. The third kappa shape index (κ3) is 2.53. The van der Waals surface area contributed by atoms with Crippen LogP contribution in [0.1, 0.15) is 10.4 Å². The average Bonchev–Trinajstić information content (AvgIpc) is 2.04. The van der Waals surface area contributed by atoms with Crippen LogP contribution in [0.5, 0.6) is 0 Å². The largest absolute Gasteiger partial charge is 0.478 e. The van der Waals surface area contributed by atoms with Crippen molar-refractivity contribution in [1.29, 1.82) is 0 Å². The maximum atomic E-state index is 10.4. The number of non-ortho nitro benzene ring substituents is 1. The summed E-state index contributed by atoms with van der Waals surface area (Å²) in [6.07, 6.45) is 0. The average molecular weight is 185 g/mol. The predicted molar refractivity (Wildman–Crippen MR) is 46.0 cm³/mol. The van der Waals surface area contributed by atoms with Gasteiger partial charge in [0.05, 0.1) is 10.5 Å². The van der Waals surface area contributed by atoms with Crippen molar-refractivity contribution in [3.8, 4) is 0 Å². The topological polar surface area (TPSA) is 117 Å². The quantitative estimate of drug-likeness (QED) is 0.538. The molecule has 0 aromatic heterocycles. The van der Waals surface area contributed by atoms with E-state index < -0.39 is 10.9 Å². The van der Waals surface area contributed by atoms with Crippen molar-refractivity contribution >= 4 is 11.7 Å². The van der Waals surface area contributed by atoms with Crippen LogP contribution in [0, 0.1) is 10.1 Å². The summed E-state index contributed by atoms with van der Waals surface area (Å²) in [5.41, 5.74) is -0.292. The van der Waals surface area contributed by atoms with E-state index in [1.54, 1.807) is 0 Å². The highest BCUT2D eigenvalue weighted by Crippen LogP contribution is 2.12. The molecular formula is C7H9N2O4+. The number of quaternary nitrogens is 1. The number of aromatic carboxylic acids is 1. The summed E-state index contributed by atoms with van der Waals surface area (Å²) in [4.78, 5) is 19.9. The molecule has 0 heterocycles. The van der Waals surface area contributed by atoms with E-state index in [1.165, 1.54) is 18.2 Å². The second-order valence-electron chi connectivity index (χ2n) is 2.11. The van der Waals surface area contributed by atoms with E-state index in [0.717, 1.165) is 6.07 Å². The summed E-state index contributed by atoms with van der Waals surface area (Å²) in [7, 11) is 0. The fraction of sp³-hybridized carbons (Fsp3) is 0. The van der Waals surface area contributed by atoms with Gasteiger partial charge in [-0.2, -0.15) is 0 Å². The summed E-state index contributed by atoms with van der Waals surface area (Å²) in [6.45, 7) is 0. The fourth-order valence-corrected chi connectivity index (χ4v) is 0.753. The lowest BCUT2D eigenvalue weighted by Crippen LogP contribution is -1.97. The first-order valence-electron chi connectivity index (χ1n) is 3.09. The molecule has 0 amide bonds. The summed E-state index contributed by atoms with van der Waals surface area (Å²) in [5.74, 6) is -1.17. The van der Waals surface area contributed by atoms with Gasteiger partial charge in [0.1, 0.15) is 0 Å². The maximum Gasteiger partial charge on any atom is 0.335 e. The Labute approximate surface area is 73.5 Å². The first-order chi connectivity index (χ1) is 5.61. The molecule has 6 heteroatoms. The third-order valence-electron chi connectivity index (χ3n) is 1.30. The molecule has 0 fully saturated rings. The Kier molecular flexibility index (Phi) is 3.54. The molecule has 0 unspecified atom stereocenters. The molecule has 0 aliphatic carbocycles. The number of rotatable bonds is 2. The van der Waals surface area contributed by atoms with Gasteiger partial charge in [0, 0.05) is 12.1 Å². The second-order valence-corrected chi connectivity index (χ2v) is 2.11. The minimum atomic E-state index is -1.17. The molecule has 1 aromatic carbocycles. The van der Waals surface area contributed by atoms with E-state index in [9.17, 15) is 14.9 Å². The zero-order valence-corrected chi connectivity index (χ0v) is 6.93. The van der Waals surface area contributed by atoms with Crippen LogP contribution in [-0.2, 0) is 0 Å². The number of carbonyl (C=O) groups is 1. The molecule has 13 heavy (non-hydrogen) atoms. The lowest BCUT2D eigenvalue weighted by Gasteiger charge is -1.92. The number of hydrogen-bond acceptors (Lipinski definition) is 3. The Morgan fingerprint density at radius 2 is 2.08 bits per heavy atom. The number of carboxylic acids is 1. The van der Waals surface area contributed by atoms with Crippen molar-refractivity contribution in [1.82, 2.24) is 6.15 Å². The summed E-state index contributed by atoms with van der Waals surface area (Å²) in [5, 5.41) is 18.7. The SMILES string of the molecule is O=C(O)c1cccc([N+](=O)[O-])c1.[NH4+]. The molecule has 0 aliphatic heterocycles. The number of nitro groups is 1. The highest BCUT2D eigenvalue weighted by Gasteiger charge is 2.08. The minimum absolute atomic E-state index is 0. The van der Waals surface area contributed by atoms with Crippen LogP contribution in [0.2, 0.25) is 0 Å². The van der Waals surface area contributed by atoms with Gasteiger partial charge in [-0.05, 0) is 6.07 Å². The molecular weight excluding hydrogens is 176 g/mol. The van der Waals surface area contributed by atoms with Gasteiger partial charge < -0.3 is 11.3 Å². The Bertz CT molecular complexity index is 308. The van der Waals surface area contributed by atoms with Gasteiger partial charge in [-0.1, -0.05) is 6.07 Å². The molecule has 0 spiro atoms. The van der Waals surface area contributed by atoms with Gasteiger partial charge in [-0.25, -0.2) is 4.79 Å². The van der Waals surface area contributed by atoms with Crippen LogP contribution in [0.25, 0.3) is 0 Å². The summed E-state index contributed by atoms with van der Waals surface area (Å²) in [6, 6.07) is 4.89. The van der Waals surface area contributed by atoms with Crippen molar-refractivity contribution in [2.75, 3.05) is 0 Å². The smallest absolute Gasteiger partial charge is 0.335 e. The van der Waals surface area contributed by atoms with Crippen LogP contribution in [0.3, 0.4) is 0 Å². The van der Waals surface area contributed by atoms with Gasteiger partial charge in [-0.15, -0.1) is 0 Å². The van der Waals surface area contributed by atoms with E-state index in [1.807, 2.05) is 0 Å². The standard InChI is InChI=1S/C7H5NO4.H3N/c9-7(10)5-2-1-3-6(4-5)8(11)12;/h1-4H,(H,9,10);1H3/p+1. The second kappa shape index (κ2) is 4.17. The van der Waals surface area contributed by atoms with Crippen molar-refractivity contribution < 1.29 is 14.8 Å². The molecule has 0 atom stereocenters. The first kappa shape index (κ1) is 11.1. The monoisotopic (exact) mass is 185 g/mol. The number of benzene rings is 1. The van der Waals surface area contributed by atoms with E-state index in [-0.39, 0.29) is 17.4 Å². The van der Waals surface area contributed by atoms with Crippen molar-refractivity contribution in [2.45, 2.75) is 0 Å². The Hall–Kier alpha value is -1.95. The zero-order valence-electron chi connectivity index (χ0n) is 6.93. The number of nitrogens with zero attached hydrogens (tertiary/aromatic N) is 1. The molecule has 0 saturated carbocycles. The Balaban J connectivity index is 0.00000144. The van der Waals surface area contributed by atoms with Crippen molar-refractivity contribution in [2.24, 2.45) is 0 Å². The Morgan fingerprint density at radius 1 is 1.46 bits per heavy atom. The molecule has 1 aromatic rings. The molecule has 0 saturated heterocycles. The van der Waals surface area contributed by atoms with Crippen molar-refractivity contribution in [3.05, 3.63) is 39.9 Å². The predicted octanol–water partition coefficient (Wildman–Crippen LogP) is 1.67. The molecule has 0 bridgehead atoms. The zero-order chi connectivity index (χ0) is 9.14. The fourth-order valence-electron chi connectivity index (χ4n) is 0.753. The van der Waals surface area contributed by atoms with Crippen LogP contribution < -0.4 is 6.15 Å². The third-order valence-corrected chi connectivity index (χ3v) is 1.30. The van der Waals surface area contributed by atoms with E-state index >= 15 is 0 Å². The molecule has 1 rings (SSSR count). The van der Waals surface area contributed by atoms with Gasteiger partial charge in [0.2, 0.25) is 0 Å². The van der Waals surface area contributed by atoms with Gasteiger partial charge in [-0.3, -0.25) is 10.1 Å². The van der Waals surface area contributed by atoms with E-state index in [4.69, 9.17) is 5.11 Å². The highest BCUT2D eigenvalue weighted by atomic mass is 16.6. The number of hydrogen-bond donors (Lipinski definition) is 2. The van der Waals surface area contributed by atoms with Gasteiger partial charge >= 0.3 is 5.97 Å². The van der Waals surface area contributed by atoms with E-state index in [0.29, 0.717) is 0 Å². The lowest BCUT2D eigenvalue weighted by atomic mass is 10.2. The van der Waals surface area contributed by atoms with Crippen molar-refractivity contribution in [3.63, 3.8) is 0 Å². The maximum absolute atomic E-state index is 10.4. The molecule has 6 nitrogen and oxygen atoms in total. The van der Waals surface area contributed by atoms with Gasteiger partial charge in [0.25, 0.3) is 5.69 Å². The van der Waals surface area contributed by atoms with Crippen LogP contribution in [-0.4, -0.2) is 16.0 Å². The highest BCUT2D eigenvalue weighted by molar-refractivity contribution is 5.88.